The van der Waals surface area contributed by atoms with Crippen LogP contribution in [-0.2, 0) is 18.4 Å². The number of thioether (sulfide) groups is 1. The minimum Gasteiger partial charge on any atom is -0.480 e. The van der Waals surface area contributed by atoms with Gasteiger partial charge >= 0.3 is 12.0 Å². The molecule has 8 nitrogen and oxygen atoms in total. The van der Waals surface area contributed by atoms with Crippen molar-refractivity contribution >= 4 is 23.8 Å². The average molecular weight is 311 g/mol. The van der Waals surface area contributed by atoms with Gasteiger partial charge in [-0.3, -0.25) is 9.58 Å². The molecule has 2 amide bonds. The summed E-state index contributed by atoms with van der Waals surface area (Å²) in [7, 11) is 1.75. The largest absolute Gasteiger partial charge is 0.480 e. The zero-order chi connectivity index (χ0) is 15.0. The number of amides is 2. The average Bonchev–Trinajstić information content (AvgIpc) is 3.04. The Bertz CT molecular complexity index is 559. The summed E-state index contributed by atoms with van der Waals surface area (Å²) in [5.74, 6) is 0.438. The van der Waals surface area contributed by atoms with E-state index in [1.54, 1.807) is 29.8 Å². The first kappa shape index (κ1) is 14.2. The van der Waals surface area contributed by atoms with Crippen LogP contribution in [0.4, 0.5) is 4.79 Å². The SMILES string of the molecule is Cn1cnc(CNC(=O)N2C(C(=O)O)CSC2C2CC2)n1. The number of urea groups is 1. The number of nitrogens with zero attached hydrogens (tertiary/aromatic N) is 4. The molecular weight excluding hydrogens is 294 g/mol. The van der Waals surface area contributed by atoms with Crippen molar-refractivity contribution in [1.82, 2.24) is 25.0 Å². The van der Waals surface area contributed by atoms with Gasteiger partial charge in [-0.1, -0.05) is 0 Å². The first-order valence-electron chi connectivity index (χ1n) is 6.81. The molecule has 1 saturated heterocycles. The second-order valence-electron chi connectivity index (χ2n) is 5.32. The standard InChI is InChI=1S/C12H17N5O3S/c1-16-6-14-9(15-16)4-13-12(20)17-8(11(18)19)5-21-10(17)7-2-3-7/h6-8,10H,2-5H2,1H3,(H,13,20)(H,18,19). The van der Waals surface area contributed by atoms with Crippen LogP contribution in [0.2, 0.25) is 0 Å². The van der Waals surface area contributed by atoms with Crippen molar-refractivity contribution in [3.05, 3.63) is 12.2 Å². The van der Waals surface area contributed by atoms with Gasteiger partial charge in [0.1, 0.15) is 12.4 Å². The highest BCUT2D eigenvalue weighted by Gasteiger charge is 2.48. The number of carboxylic acids is 1. The van der Waals surface area contributed by atoms with Crippen LogP contribution in [0.15, 0.2) is 6.33 Å². The van der Waals surface area contributed by atoms with E-state index >= 15 is 0 Å². The number of hydrogen-bond acceptors (Lipinski definition) is 5. The highest BCUT2D eigenvalue weighted by atomic mass is 32.2. The fourth-order valence-corrected chi connectivity index (χ4v) is 4.06. The van der Waals surface area contributed by atoms with E-state index in [9.17, 15) is 14.7 Å². The fraction of sp³-hybridized carbons (Fsp3) is 0.667. The lowest BCUT2D eigenvalue weighted by molar-refractivity contribution is -0.141. The Morgan fingerprint density at radius 3 is 2.86 bits per heavy atom. The van der Waals surface area contributed by atoms with E-state index in [4.69, 9.17) is 0 Å². The van der Waals surface area contributed by atoms with E-state index in [1.807, 2.05) is 0 Å². The quantitative estimate of drug-likeness (QED) is 0.827. The molecule has 0 spiro atoms. The summed E-state index contributed by atoms with van der Waals surface area (Å²) >= 11 is 1.56. The Labute approximate surface area is 125 Å². The van der Waals surface area contributed by atoms with Crippen LogP contribution in [-0.4, -0.2) is 53.9 Å². The van der Waals surface area contributed by atoms with Crippen LogP contribution in [0.5, 0.6) is 0 Å². The molecule has 1 aromatic heterocycles. The number of carbonyl (C=O) groups excluding carboxylic acids is 1. The third kappa shape index (κ3) is 2.97. The van der Waals surface area contributed by atoms with Crippen LogP contribution < -0.4 is 5.32 Å². The number of hydrogen-bond donors (Lipinski definition) is 2. The van der Waals surface area contributed by atoms with Gasteiger partial charge in [0.15, 0.2) is 5.82 Å². The topological polar surface area (TPSA) is 100 Å². The molecule has 114 valence electrons. The molecule has 2 heterocycles. The Kier molecular flexibility index (Phi) is 3.75. The highest BCUT2D eigenvalue weighted by Crippen LogP contribution is 2.45. The number of nitrogens with one attached hydrogen (secondary N) is 1. The van der Waals surface area contributed by atoms with Crippen molar-refractivity contribution in [2.75, 3.05) is 5.75 Å². The lowest BCUT2D eigenvalue weighted by Gasteiger charge is -2.27. The molecule has 2 aliphatic rings. The van der Waals surface area contributed by atoms with E-state index in [0.717, 1.165) is 12.8 Å². The Morgan fingerprint density at radius 1 is 1.52 bits per heavy atom. The second kappa shape index (κ2) is 5.55. The third-order valence-electron chi connectivity index (χ3n) is 3.62. The van der Waals surface area contributed by atoms with Crippen LogP contribution in [0.25, 0.3) is 0 Å². The van der Waals surface area contributed by atoms with Crippen molar-refractivity contribution in [2.45, 2.75) is 30.8 Å². The molecule has 0 aromatic carbocycles. The van der Waals surface area contributed by atoms with Crippen LogP contribution in [0.3, 0.4) is 0 Å². The highest BCUT2D eigenvalue weighted by molar-refractivity contribution is 8.00. The van der Waals surface area contributed by atoms with Crippen molar-refractivity contribution in [1.29, 1.82) is 0 Å². The fourth-order valence-electron chi connectivity index (χ4n) is 2.43. The van der Waals surface area contributed by atoms with E-state index < -0.39 is 12.0 Å². The van der Waals surface area contributed by atoms with Crippen molar-refractivity contribution < 1.29 is 14.7 Å². The van der Waals surface area contributed by atoms with Crippen molar-refractivity contribution in [3.8, 4) is 0 Å². The number of rotatable bonds is 4. The molecule has 3 rings (SSSR count). The zero-order valence-electron chi connectivity index (χ0n) is 11.6. The lowest BCUT2D eigenvalue weighted by atomic mass is 10.2. The number of carboxylic acid groups (broad SMARTS) is 1. The van der Waals surface area contributed by atoms with Crippen LogP contribution >= 0.6 is 11.8 Å². The summed E-state index contributed by atoms with van der Waals surface area (Å²) in [4.78, 5) is 29.2. The molecule has 9 heteroatoms. The summed E-state index contributed by atoms with van der Waals surface area (Å²) in [6, 6.07) is -1.10. The van der Waals surface area contributed by atoms with Gasteiger partial charge in [0.25, 0.3) is 0 Å². The molecule has 21 heavy (non-hydrogen) atoms. The normalized spacial score (nSPS) is 25.1. The van der Waals surface area contributed by atoms with Gasteiger partial charge in [0.05, 0.1) is 11.9 Å². The Morgan fingerprint density at radius 2 is 2.29 bits per heavy atom. The summed E-state index contributed by atoms with van der Waals surface area (Å²) in [6.07, 6.45) is 3.69. The van der Waals surface area contributed by atoms with E-state index in [-0.39, 0.29) is 17.9 Å². The maximum Gasteiger partial charge on any atom is 0.327 e. The minimum absolute atomic E-state index is 0.0252. The molecule has 2 N–H and O–H groups in total. The number of aliphatic carboxylic acids is 1. The number of aryl methyl sites for hydroxylation is 1. The zero-order valence-corrected chi connectivity index (χ0v) is 12.4. The Balaban J connectivity index is 1.66. The van der Waals surface area contributed by atoms with Gasteiger partial charge in [0, 0.05) is 12.8 Å². The minimum atomic E-state index is -0.947. The predicted octanol–water partition coefficient (Wildman–Crippen LogP) is 0.263. The number of aromatic nitrogens is 3. The van der Waals surface area contributed by atoms with E-state index in [0.29, 0.717) is 17.5 Å². The lowest BCUT2D eigenvalue weighted by Crippen LogP contribution is -2.50. The summed E-state index contributed by atoms with van der Waals surface area (Å²) in [5, 5.41) is 16.1. The molecule has 2 unspecified atom stereocenters. The van der Waals surface area contributed by atoms with Crippen LogP contribution in [0, 0.1) is 5.92 Å². The molecule has 1 aliphatic heterocycles. The van der Waals surface area contributed by atoms with Gasteiger partial charge < -0.3 is 10.4 Å². The third-order valence-corrected chi connectivity index (χ3v) is 5.09. The van der Waals surface area contributed by atoms with Gasteiger partial charge in [-0.25, -0.2) is 14.6 Å². The predicted molar refractivity (Wildman–Crippen MR) is 75.5 cm³/mol. The van der Waals surface area contributed by atoms with E-state index in [2.05, 4.69) is 15.4 Å². The summed E-state index contributed by atoms with van der Waals surface area (Å²) in [6.45, 7) is 0.199. The molecule has 1 saturated carbocycles. The summed E-state index contributed by atoms with van der Waals surface area (Å²) in [5.41, 5.74) is 0. The molecule has 1 aromatic rings. The molecular formula is C12H17N5O3S. The monoisotopic (exact) mass is 311 g/mol. The maximum atomic E-state index is 12.4. The number of carbonyl (C=O) groups is 2. The first-order valence-corrected chi connectivity index (χ1v) is 7.86. The second-order valence-corrected chi connectivity index (χ2v) is 6.47. The van der Waals surface area contributed by atoms with Crippen molar-refractivity contribution in [2.24, 2.45) is 13.0 Å². The smallest absolute Gasteiger partial charge is 0.327 e. The van der Waals surface area contributed by atoms with Crippen molar-refractivity contribution in [3.63, 3.8) is 0 Å². The molecule has 0 bridgehead atoms. The Hall–Kier alpha value is -1.77. The molecule has 2 fully saturated rings. The van der Waals surface area contributed by atoms with Crippen LogP contribution in [0.1, 0.15) is 18.7 Å². The molecule has 0 radical (unpaired) electrons. The van der Waals surface area contributed by atoms with Gasteiger partial charge in [0.2, 0.25) is 0 Å². The molecule has 1 aliphatic carbocycles. The summed E-state index contributed by atoms with van der Waals surface area (Å²) < 4.78 is 1.56. The van der Waals surface area contributed by atoms with Gasteiger partial charge in [-0.05, 0) is 18.8 Å². The van der Waals surface area contributed by atoms with E-state index in [1.165, 1.54) is 4.90 Å². The molecule has 2 atom stereocenters. The maximum absolute atomic E-state index is 12.4. The first-order chi connectivity index (χ1) is 10.1. The van der Waals surface area contributed by atoms with Gasteiger partial charge in [-0.2, -0.15) is 5.10 Å². The van der Waals surface area contributed by atoms with Gasteiger partial charge in [-0.15, -0.1) is 11.8 Å².